The zero-order valence-corrected chi connectivity index (χ0v) is 26.4. The largest absolute Gasteiger partial charge is 0.135 e. The molecule has 0 spiro atoms. The van der Waals surface area contributed by atoms with Crippen molar-refractivity contribution in [3.63, 3.8) is 0 Å². The van der Waals surface area contributed by atoms with E-state index in [0.717, 1.165) is 0 Å². The second-order valence-corrected chi connectivity index (χ2v) is 13.5. The molecule has 0 N–H and O–H groups in total. The van der Waals surface area contributed by atoms with Crippen LogP contribution < -0.4 is 0 Å². The van der Waals surface area contributed by atoms with Gasteiger partial charge in [-0.15, -0.1) is 11.3 Å². The second kappa shape index (κ2) is 10.4. The molecule has 0 nitrogen and oxygen atoms in total. The summed E-state index contributed by atoms with van der Waals surface area (Å²) < 4.78 is 2.70. The molecule has 0 unspecified atom stereocenters. The van der Waals surface area contributed by atoms with Gasteiger partial charge in [-0.2, -0.15) is 0 Å². The van der Waals surface area contributed by atoms with Crippen molar-refractivity contribution in [1.82, 2.24) is 0 Å². The van der Waals surface area contributed by atoms with Gasteiger partial charge in [0.2, 0.25) is 0 Å². The Morgan fingerprint density at radius 2 is 0.766 bits per heavy atom. The number of fused-ring (bicyclic) bond motifs is 8. The van der Waals surface area contributed by atoms with Crippen LogP contribution in [0.2, 0.25) is 0 Å². The zero-order valence-electron chi connectivity index (χ0n) is 25.6. The number of hydrogen-bond acceptors (Lipinski definition) is 1. The first kappa shape index (κ1) is 26.5. The second-order valence-electron chi connectivity index (χ2n) is 12.5. The van der Waals surface area contributed by atoms with Gasteiger partial charge in [-0.3, -0.25) is 0 Å². The molecule has 0 bridgehead atoms. The van der Waals surface area contributed by atoms with E-state index < -0.39 is 0 Å². The van der Waals surface area contributed by atoms with Crippen molar-refractivity contribution in [2.45, 2.75) is 0 Å². The van der Waals surface area contributed by atoms with E-state index in [1.165, 1.54) is 96.6 Å². The van der Waals surface area contributed by atoms with Gasteiger partial charge in [-0.25, -0.2) is 0 Å². The Labute approximate surface area is 276 Å². The van der Waals surface area contributed by atoms with Crippen LogP contribution >= 0.6 is 11.3 Å². The van der Waals surface area contributed by atoms with E-state index in [9.17, 15) is 0 Å². The van der Waals surface area contributed by atoms with Gasteiger partial charge >= 0.3 is 0 Å². The monoisotopic (exact) mass is 612 g/mol. The van der Waals surface area contributed by atoms with Crippen molar-refractivity contribution >= 4 is 74.6 Å². The van der Waals surface area contributed by atoms with Crippen LogP contribution in [-0.2, 0) is 0 Å². The third-order valence-corrected chi connectivity index (χ3v) is 11.0. The fourth-order valence-electron chi connectivity index (χ4n) is 7.61. The number of hydrogen-bond donors (Lipinski definition) is 0. The molecule has 0 saturated heterocycles. The molecule has 0 amide bonds. The summed E-state index contributed by atoms with van der Waals surface area (Å²) >= 11 is 1.91. The maximum Gasteiger partial charge on any atom is 0.0433 e. The molecule has 10 aromatic rings. The zero-order chi connectivity index (χ0) is 30.9. The minimum Gasteiger partial charge on any atom is -0.135 e. The Balaban J connectivity index is 1.16. The van der Waals surface area contributed by atoms with Gasteiger partial charge in [0, 0.05) is 20.2 Å². The first-order chi connectivity index (χ1) is 23.3. The topological polar surface area (TPSA) is 0 Å². The van der Waals surface area contributed by atoms with Crippen molar-refractivity contribution in [2.24, 2.45) is 0 Å². The molecule has 218 valence electrons. The summed E-state index contributed by atoms with van der Waals surface area (Å²) in [6.07, 6.45) is 0. The van der Waals surface area contributed by atoms with E-state index in [1.54, 1.807) is 0 Å². The summed E-state index contributed by atoms with van der Waals surface area (Å²) in [6.45, 7) is 0. The fraction of sp³-hybridized carbons (Fsp3) is 0. The van der Waals surface area contributed by atoms with E-state index in [-0.39, 0.29) is 0 Å². The maximum absolute atomic E-state index is 2.42. The minimum atomic E-state index is 1.23. The van der Waals surface area contributed by atoms with E-state index in [4.69, 9.17) is 0 Å². The van der Waals surface area contributed by atoms with Crippen molar-refractivity contribution in [3.05, 3.63) is 170 Å². The molecule has 47 heavy (non-hydrogen) atoms. The number of thiophene rings is 1. The number of rotatable bonds is 3. The molecular weight excluding hydrogens is 585 g/mol. The Hall–Kier alpha value is -5.76. The molecule has 10 rings (SSSR count). The predicted octanol–water partition coefficient (Wildman–Crippen LogP) is 13.7. The fourth-order valence-corrected chi connectivity index (χ4v) is 8.89. The summed E-state index contributed by atoms with van der Waals surface area (Å²) in [4.78, 5) is 0. The normalized spacial score (nSPS) is 11.8. The molecule has 0 fully saturated rings. The van der Waals surface area contributed by atoms with Gasteiger partial charge in [-0.05, 0) is 88.6 Å². The Bertz CT molecular complexity index is 2780. The standard InChI is InChI=1S/C46H28S/c1-2-11-33-27-34(22-19-29(33)9-1)30-17-20-32(21-18-30)44-38-13-5-7-15-40(38)45(41-16-8-6-14-39(41)44)35-24-25-37-42-26-23-31-10-3-4-12-36(31)46(42)47-43(37)28-35/h1-28H. The molecule has 0 aliphatic rings. The SMILES string of the molecule is c1ccc2cc(-c3ccc(-c4c5ccccc5c(-c5ccc6c(c5)sc5c7ccccc7ccc65)c5ccccc45)cc3)ccc2c1. The summed E-state index contributed by atoms with van der Waals surface area (Å²) in [7, 11) is 0. The maximum atomic E-state index is 2.42. The molecule has 0 atom stereocenters. The van der Waals surface area contributed by atoms with Gasteiger partial charge in [0.1, 0.15) is 0 Å². The van der Waals surface area contributed by atoms with Crippen LogP contribution in [0.5, 0.6) is 0 Å². The van der Waals surface area contributed by atoms with E-state index in [2.05, 4.69) is 170 Å². The highest BCUT2D eigenvalue weighted by Crippen LogP contribution is 2.46. The average Bonchev–Trinajstić information content (AvgIpc) is 3.52. The van der Waals surface area contributed by atoms with Crippen LogP contribution in [-0.4, -0.2) is 0 Å². The van der Waals surface area contributed by atoms with Crippen LogP contribution in [0.15, 0.2) is 170 Å². The third-order valence-electron chi connectivity index (χ3n) is 9.84. The highest BCUT2D eigenvalue weighted by Gasteiger charge is 2.18. The lowest BCUT2D eigenvalue weighted by atomic mass is 9.85. The Kier molecular flexibility index (Phi) is 5.85. The van der Waals surface area contributed by atoms with E-state index >= 15 is 0 Å². The molecule has 0 aliphatic carbocycles. The number of benzene rings is 9. The smallest absolute Gasteiger partial charge is 0.0433 e. The lowest BCUT2D eigenvalue weighted by Crippen LogP contribution is -1.91. The molecule has 1 heterocycles. The lowest BCUT2D eigenvalue weighted by Gasteiger charge is -2.18. The Morgan fingerprint density at radius 3 is 1.47 bits per heavy atom. The van der Waals surface area contributed by atoms with Crippen molar-refractivity contribution < 1.29 is 0 Å². The van der Waals surface area contributed by atoms with Crippen LogP contribution in [0.3, 0.4) is 0 Å². The van der Waals surface area contributed by atoms with E-state index in [0.29, 0.717) is 0 Å². The molecule has 1 heteroatoms. The van der Waals surface area contributed by atoms with Gasteiger partial charge in [0.05, 0.1) is 0 Å². The van der Waals surface area contributed by atoms with E-state index in [1.807, 2.05) is 11.3 Å². The van der Waals surface area contributed by atoms with Crippen LogP contribution in [0.1, 0.15) is 0 Å². The molecule has 0 aliphatic heterocycles. The van der Waals surface area contributed by atoms with Crippen LogP contribution in [0, 0.1) is 0 Å². The van der Waals surface area contributed by atoms with Crippen LogP contribution in [0.4, 0.5) is 0 Å². The van der Waals surface area contributed by atoms with Gasteiger partial charge in [0.25, 0.3) is 0 Å². The van der Waals surface area contributed by atoms with Crippen molar-refractivity contribution in [2.75, 3.05) is 0 Å². The average molecular weight is 613 g/mol. The van der Waals surface area contributed by atoms with Crippen LogP contribution in [0.25, 0.3) is 96.6 Å². The van der Waals surface area contributed by atoms with Gasteiger partial charge in [-0.1, -0.05) is 158 Å². The molecule has 9 aromatic carbocycles. The molecular formula is C46H28S. The van der Waals surface area contributed by atoms with Crippen molar-refractivity contribution in [1.29, 1.82) is 0 Å². The summed E-state index contributed by atoms with van der Waals surface area (Å²) in [5.41, 5.74) is 7.56. The highest BCUT2D eigenvalue weighted by molar-refractivity contribution is 7.26. The molecule has 1 aromatic heterocycles. The van der Waals surface area contributed by atoms with Gasteiger partial charge < -0.3 is 0 Å². The summed E-state index contributed by atoms with van der Waals surface area (Å²) in [6, 6.07) is 62.7. The molecule has 0 radical (unpaired) electrons. The quantitative estimate of drug-likeness (QED) is 0.174. The molecule has 0 saturated carbocycles. The first-order valence-corrected chi connectivity index (χ1v) is 17.0. The summed E-state index contributed by atoms with van der Waals surface area (Å²) in [5.74, 6) is 0. The van der Waals surface area contributed by atoms with Gasteiger partial charge in [0.15, 0.2) is 0 Å². The van der Waals surface area contributed by atoms with Crippen molar-refractivity contribution in [3.8, 4) is 33.4 Å². The summed E-state index contributed by atoms with van der Waals surface area (Å²) in [5, 5.41) is 13.0. The first-order valence-electron chi connectivity index (χ1n) is 16.2. The predicted molar refractivity (Wildman–Crippen MR) is 206 cm³/mol. The third kappa shape index (κ3) is 4.14. The Morgan fingerprint density at radius 1 is 0.277 bits per heavy atom. The highest BCUT2D eigenvalue weighted by atomic mass is 32.1. The minimum absolute atomic E-state index is 1.23. The lowest BCUT2D eigenvalue weighted by molar-refractivity contribution is 1.63.